The summed E-state index contributed by atoms with van der Waals surface area (Å²) in [7, 11) is 1.25. The molecule has 0 unspecified atom stereocenters. The number of carbonyl (C=O) groups is 3. The molecule has 0 saturated heterocycles. The third-order valence-corrected chi connectivity index (χ3v) is 3.33. The summed E-state index contributed by atoms with van der Waals surface area (Å²) >= 11 is 0. The predicted molar refractivity (Wildman–Crippen MR) is 86.5 cm³/mol. The second kappa shape index (κ2) is 8.14. The Morgan fingerprint density at radius 1 is 1.12 bits per heavy atom. The molecule has 2 rings (SSSR count). The van der Waals surface area contributed by atoms with Crippen molar-refractivity contribution in [3.8, 4) is 5.75 Å². The SMILES string of the molecule is COC(=O)c1oc(COC(=O)COc2ccc(C(C)=O)cc2)cc1C. The second-order valence-corrected chi connectivity index (χ2v) is 5.25. The van der Waals surface area contributed by atoms with Crippen molar-refractivity contribution >= 4 is 17.7 Å². The Kier molecular flexibility index (Phi) is 5.94. The molecule has 1 aromatic carbocycles. The van der Waals surface area contributed by atoms with E-state index in [1.807, 2.05) is 0 Å². The minimum Gasteiger partial charge on any atom is -0.482 e. The highest BCUT2D eigenvalue weighted by molar-refractivity contribution is 5.94. The van der Waals surface area contributed by atoms with Crippen LogP contribution in [-0.2, 0) is 20.9 Å². The van der Waals surface area contributed by atoms with Gasteiger partial charge in [0.05, 0.1) is 7.11 Å². The zero-order valence-corrected chi connectivity index (χ0v) is 14.2. The van der Waals surface area contributed by atoms with E-state index in [1.165, 1.54) is 14.0 Å². The Labute approximate surface area is 144 Å². The molecule has 1 aromatic heterocycles. The van der Waals surface area contributed by atoms with Gasteiger partial charge in [0.1, 0.15) is 18.1 Å². The van der Waals surface area contributed by atoms with Crippen LogP contribution in [0, 0.1) is 6.92 Å². The molecule has 7 heteroatoms. The van der Waals surface area contributed by atoms with Gasteiger partial charge in [0.25, 0.3) is 0 Å². The molecule has 0 amide bonds. The number of hydrogen-bond donors (Lipinski definition) is 0. The summed E-state index contributed by atoms with van der Waals surface area (Å²) < 4.78 is 20.2. The van der Waals surface area contributed by atoms with Crippen molar-refractivity contribution in [2.24, 2.45) is 0 Å². The molecule has 0 aliphatic rings. The largest absolute Gasteiger partial charge is 0.482 e. The molecule has 25 heavy (non-hydrogen) atoms. The maximum absolute atomic E-state index is 11.7. The molecular weight excluding hydrogens is 328 g/mol. The van der Waals surface area contributed by atoms with Crippen LogP contribution in [0.4, 0.5) is 0 Å². The van der Waals surface area contributed by atoms with Gasteiger partial charge in [0.15, 0.2) is 12.4 Å². The Bertz CT molecular complexity index is 771. The summed E-state index contributed by atoms with van der Waals surface area (Å²) in [6.07, 6.45) is 0. The molecule has 0 aliphatic carbocycles. The molecule has 2 aromatic rings. The smallest absolute Gasteiger partial charge is 0.374 e. The van der Waals surface area contributed by atoms with Gasteiger partial charge < -0.3 is 18.6 Å². The zero-order valence-electron chi connectivity index (χ0n) is 14.2. The van der Waals surface area contributed by atoms with Gasteiger partial charge in [-0.05, 0) is 44.2 Å². The number of carbonyl (C=O) groups excluding carboxylic acids is 3. The van der Waals surface area contributed by atoms with Gasteiger partial charge in [-0.1, -0.05) is 0 Å². The average Bonchev–Trinajstić information content (AvgIpc) is 2.98. The molecule has 0 aliphatic heterocycles. The zero-order chi connectivity index (χ0) is 18.4. The highest BCUT2D eigenvalue weighted by atomic mass is 16.6. The molecule has 0 spiro atoms. The number of methoxy groups -OCH3 is 1. The molecule has 7 nitrogen and oxygen atoms in total. The fraction of sp³-hybridized carbons (Fsp3) is 0.278. The van der Waals surface area contributed by atoms with E-state index in [9.17, 15) is 14.4 Å². The molecule has 1 heterocycles. The second-order valence-electron chi connectivity index (χ2n) is 5.25. The van der Waals surface area contributed by atoms with Crippen LogP contribution >= 0.6 is 0 Å². The fourth-order valence-corrected chi connectivity index (χ4v) is 2.04. The summed E-state index contributed by atoms with van der Waals surface area (Å²) in [5, 5.41) is 0. The van der Waals surface area contributed by atoms with Gasteiger partial charge in [-0.3, -0.25) is 4.79 Å². The average molecular weight is 346 g/mol. The maximum atomic E-state index is 11.7. The molecule has 0 bridgehead atoms. The number of hydrogen-bond acceptors (Lipinski definition) is 7. The van der Waals surface area contributed by atoms with Crippen molar-refractivity contribution in [2.75, 3.05) is 13.7 Å². The first-order chi connectivity index (χ1) is 11.9. The minimum absolute atomic E-state index is 0.0500. The van der Waals surface area contributed by atoms with Crippen LogP contribution < -0.4 is 4.74 Å². The molecular formula is C18H18O7. The quantitative estimate of drug-likeness (QED) is 0.562. The predicted octanol–water partition coefficient (Wildman–Crippen LogP) is 2.70. The van der Waals surface area contributed by atoms with Crippen LogP contribution in [-0.4, -0.2) is 31.4 Å². The Hall–Kier alpha value is -3.09. The number of esters is 2. The van der Waals surface area contributed by atoms with Gasteiger partial charge in [-0.25, -0.2) is 9.59 Å². The monoisotopic (exact) mass is 346 g/mol. The van der Waals surface area contributed by atoms with Gasteiger partial charge in [-0.2, -0.15) is 0 Å². The van der Waals surface area contributed by atoms with Crippen LogP contribution in [0.1, 0.15) is 39.2 Å². The van der Waals surface area contributed by atoms with Crippen molar-refractivity contribution in [3.05, 3.63) is 53.0 Å². The number of Topliss-reactive ketones (excluding diaryl/α,β-unsaturated/α-hetero) is 1. The van der Waals surface area contributed by atoms with Crippen LogP contribution in [0.15, 0.2) is 34.7 Å². The highest BCUT2D eigenvalue weighted by Gasteiger charge is 2.17. The lowest BCUT2D eigenvalue weighted by Gasteiger charge is -2.06. The number of benzene rings is 1. The summed E-state index contributed by atoms with van der Waals surface area (Å²) in [5.41, 5.74) is 1.16. The third kappa shape index (κ3) is 4.94. The summed E-state index contributed by atoms with van der Waals surface area (Å²) in [6.45, 7) is 2.75. The number of furan rings is 1. The molecule has 0 fully saturated rings. The standard InChI is InChI=1S/C18H18O7/c1-11-8-15(25-17(11)18(21)22-3)9-24-16(20)10-23-14-6-4-13(5-7-14)12(2)19/h4-8H,9-10H2,1-3H3. The van der Waals surface area contributed by atoms with Crippen molar-refractivity contribution < 1.29 is 33.0 Å². The van der Waals surface area contributed by atoms with E-state index >= 15 is 0 Å². The lowest BCUT2D eigenvalue weighted by Crippen LogP contribution is -2.14. The van der Waals surface area contributed by atoms with E-state index in [4.69, 9.17) is 13.9 Å². The van der Waals surface area contributed by atoms with E-state index in [0.29, 0.717) is 22.6 Å². The number of aryl methyl sites for hydroxylation is 1. The van der Waals surface area contributed by atoms with Crippen molar-refractivity contribution in [2.45, 2.75) is 20.5 Å². The van der Waals surface area contributed by atoms with Crippen molar-refractivity contribution in [3.63, 3.8) is 0 Å². The molecule has 132 valence electrons. The third-order valence-electron chi connectivity index (χ3n) is 3.33. The number of ketones is 1. The van der Waals surface area contributed by atoms with E-state index in [1.54, 1.807) is 37.3 Å². The van der Waals surface area contributed by atoms with E-state index in [0.717, 1.165) is 0 Å². The Balaban J connectivity index is 1.82. The van der Waals surface area contributed by atoms with Crippen LogP contribution in [0.3, 0.4) is 0 Å². The molecule has 0 radical (unpaired) electrons. The number of rotatable bonds is 7. The lowest BCUT2D eigenvalue weighted by atomic mass is 10.1. The first kappa shape index (κ1) is 18.3. The Morgan fingerprint density at radius 2 is 1.80 bits per heavy atom. The van der Waals surface area contributed by atoms with Gasteiger partial charge in [0, 0.05) is 11.1 Å². The maximum Gasteiger partial charge on any atom is 0.374 e. The van der Waals surface area contributed by atoms with Crippen LogP contribution in [0.5, 0.6) is 5.75 Å². The van der Waals surface area contributed by atoms with Crippen LogP contribution in [0.25, 0.3) is 0 Å². The van der Waals surface area contributed by atoms with Gasteiger partial charge >= 0.3 is 11.9 Å². The minimum atomic E-state index is -0.593. The van der Waals surface area contributed by atoms with E-state index in [-0.39, 0.29) is 24.8 Å². The highest BCUT2D eigenvalue weighted by Crippen LogP contribution is 2.17. The normalized spacial score (nSPS) is 10.2. The molecule has 0 N–H and O–H groups in total. The Morgan fingerprint density at radius 3 is 2.40 bits per heavy atom. The van der Waals surface area contributed by atoms with Gasteiger partial charge in [-0.15, -0.1) is 0 Å². The van der Waals surface area contributed by atoms with Crippen LogP contribution in [0.2, 0.25) is 0 Å². The van der Waals surface area contributed by atoms with Gasteiger partial charge in [0.2, 0.25) is 5.76 Å². The van der Waals surface area contributed by atoms with Crippen molar-refractivity contribution in [1.82, 2.24) is 0 Å². The topological polar surface area (TPSA) is 92.0 Å². The summed E-state index contributed by atoms with van der Waals surface area (Å²) in [6, 6.07) is 8.03. The lowest BCUT2D eigenvalue weighted by molar-refractivity contribution is -0.147. The number of ether oxygens (including phenoxy) is 3. The summed E-state index contributed by atoms with van der Waals surface area (Å²) in [5.74, 6) is -0.376. The summed E-state index contributed by atoms with van der Waals surface area (Å²) in [4.78, 5) is 34.3. The fourth-order valence-electron chi connectivity index (χ4n) is 2.04. The first-order valence-electron chi connectivity index (χ1n) is 7.47. The molecule has 0 saturated carbocycles. The van der Waals surface area contributed by atoms with E-state index < -0.39 is 11.9 Å². The first-order valence-corrected chi connectivity index (χ1v) is 7.47. The molecule has 0 atom stereocenters. The van der Waals surface area contributed by atoms with E-state index in [2.05, 4.69) is 4.74 Å². The van der Waals surface area contributed by atoms with Crippen molar-refractivity contribution in [1.29, 1.82) is 0 Å².